The first-order chi connectivity index (χ1) is 12.1. The van der Waals surface area contributed by atoms with E-state index in [9.17, 15) is 4.79 Å². The molecule has 2 rings (SSSR count). The number of hydrogen-bond donors (Lipinski definition) is 1. The SMILES string of the molecule is CCC(C)(C)NC(=O)C(C)N1CCN(c2cc(C)nc(C(C)C)n2)CC1. The fourth-order valence-corrected chi connectivity index (χ4v) is 3.03. The van der Waals surface area contributed by atoms with Crippen LogP contribution in [0.15, 0.2) is 6.07 Å². The number of carbonyl (C=O) groups excluding carboxylic acids is 1. The van der Waals surface area contributed by atoms with Gasteiger partial charge in [0.1, 0.15) is 11.6 Å². The maximum absolute atomic E-state index is 12.5. The predicted octanol–water partition coefficient (Wildman–Crippen LogP) is 2.72. The molecular weight excluding hydrogens is 326 g/mol. The first kappa shape index (κ1) is 20.6. The number of aryl methyl sites for hydroxylation is 1. The van der Waals surface area contributed by atoms with Crippen LogP contribution >= 0.6 is 0 Å². The van der Waals surface area contributed by atoms with Crippen LogP contribution in [0.3, 0.4) is 0 Å². The van der Waals surface area contributed by atoms with Crippen molar-refractivity contribution < 1.29 is 4.79 Å². The normalized spacial score (nSPS) is 17.5. The second-order valence-corrected chi connectivity index (χ2v) is 8.31. The van der Waals surface area contributed by atoms with E-state index in [1.807, 2.05) is 13.8 Å². The zero-order valence-corrected chi connectivity index (χ0v) is 17.5. The molecule has 6 nitrogen and oxygen atoms in total. The van der Waals surface area contributed by atoms with E-state index in [0.29, 0.717) is 5.92 Å². The smallest absolute Gasteiger partial charge is 0.237 e. The van der Waals surface area contributed by atoms with Crippen molar-refractivity contribution in [1.82, 2.24) is 20.2 Å². The molecule has 1 unspecified atom stereocenters. The number of carbonyl (C=O) groups is 1. The van der Waals surface area contributed by atoms with Gasteiger partial charge in [-0.3, -0.25) is 9.69 Å². The Bertz CT molecular complexity index is 621. The lowest BCUT2D eigenvalue weighted by molar-refractivity contribution is -0.127. The van der Waals surface area contributed by atoms with Gasteiger partial charge in [0.25, 0.3) is 0 Å². The van der Waals surface area contributed by atoms with Gasteiger partial charge >= 0.3 is 0 Å². The number of nitrogens with one attached hydrogen (secondary N) is 1. The second-order valence-electron chi connectivity index (χ2n) is 8.31. The van der Waals surface area contributed by atoms with E-state index in [1.54, 1.807) is 0 Å². The van der Waals surface area contributed by atoms with Gasteiger partial charge in [-0.05, 0) is 34.1 Å². The number of aromatic nitrogens is 2. The highest BCUT2D eigenvalue weighted by Gasteiger charge is 2.29. The third kappa shape index (κ3) is 5.16. The molecule has 1 aromatic rings. The van der Waals surface area contributed by atoms with E-state index < -0.39 is 0 Å². The molecule has 26 heavy (non-hydrogen) atoms. The lowest BCUT2D eigenvalue weighted by Crippen LogP contribution is -2.56. The van der Waals surface area contributed by atoms with Crippen molar-refractivity contribution in [1.29, 1.82) is 0 Å². The maximum Gasteiger partial charge on any atom is 0.237 e. The largest absolute Gasteiger partial charge is 0.354 e. The fourth-order valence-electron chi connectivity index (χ4n) is 3.03. The minimum absolute atomic E-state index is 0.110. The number of rotatable bonds is 6. The Hall–Kier alpha value is -1.69. The maximum atomic E-state index is 12.5. The first-order valence-electron chi connectivity index (χ1n) is 9.79. The summed E-state index contributed by atoms with van der Waals surface area (Å²) in [4.78, 5) is 26.4. The van der Waals surface area contributed by atoms with Crippen LogP contribution in [0.5, 0.6) is 0 Å². The summed E-state index contributed by atoms with van der Waals surface area (Å²) in [7, 11) is 0. The summed E-state index contributed by atoms with van der Waals surface area (Å²) in [6, 6.07) is 1.95. The summed E-state index contributed by atoms with van der Waals surface area (Å²) in [6.07, 6.45) is 0.921. The molecular formula is C20H35N5O. The Morgan fingerprint density at radius 1 is 1.19 bits per heavy atom. The zero-order valence-electron chi connectivity index (χ0n) is 17.5. The van der Waals surface area contributed by atoms with E-state index in [0.717, 1.165) is 49.9 Å². The molecule has 0 saturated carbocycles. The molecule has 1 saturated heterocycles. The number of amides is 1. The summed E-state index contributed by atoms with van der Waals surface area (Å²) in [5.74, 6) is 2.34. The van der Waals surface area contributed by atoms with Gasteiger partial charge in [0.05, 0.1) is 6.04 Å². The minimum atomic E-state index is -0.154. The molecule has 1 atom stereocenters. The van der Waals surface area contributed by atoms with Gasteiger partial charge in [-0.1, -0.05) is 20.8 Å². The lowest BCUT2D eigenvalue weighted by Gasteiger charge is -2.39. The molecule has 6 heteroatoms. The quantitative estimate of drug-likeness (QED) is 0.844. The minimum Gasteiger partial charge on any atom is -0.354 e. The molecule has 1 amide bonds. The third-order valence-corrected chi connectivity index (χ3v) is 5.29. The average molecular weight is 362 g/mol. The van der Waals surface area contributed by atoms with E-state index >= 15 is 0 Å². The molecule has 0 radical (unpaired) electrons. The predicted molar refractivity (Wildman–Crippen MR) is 107 cm³/mol. The van der Waals surface area contributed by atoms with Crippen molar-refractivity contribution in [3.63, 3.8) is 0 Å². The van der Waals surface area contributed by atoms with Crippen molar-refractivity contribution in [2.75, 3.05) is 31.1 Å². The van der Waals surface area contributed by atoms with E-state index in [4.69, 9.17) is 4.98 Å². The average Bonchev–Trinajstić information content (AvgIpc) is 2.60. The highest BCUT2D eigenvalue weighted by atomic mass is 16.2. The second kappa shape index (κ2) is 8.33. The topological polar surface area (TPSA) is 61.4 Å². The van der Waals surface area contributed by atoms with Crippen molar-refractivity contribution in [3.05, 3.63) is 17.6 Å². The van der Waals surface area contributed by atoms with E-state index in [1.165, 1.54) is 0 Å². The Labute approximate surface area is 158 Å². The molecule has 146 valence electrons. The molecule has 2 heterocycles. The van der Waals surface area contributed by atoms with Crippen LogP contribution in [0.4, 0.5) is 5.82 Å². The van der Waals surface area contributed by atoms with Gasteiger partial charge in [0, 0.05) is 49.4 Å². The summed E-state index contributed by atoms with van der Waals surface area (Å²) >= 11 is 0. The molecule has 0 aromatic carbocycles. The van der Waals surface area contributed by atoms with Crippen LogP contribution in [0.1, 0.15) is 65.4 Å². The van der Waals surface area contributed by atoms with Gasteiger partial charge in [0.15, 0.2) is 0 Å². The number of hydrogen-bond acceptors (Lipinski definition) is 5. The highest BCUT2D eigenvalue weighted by Crippen LogP contribution is 2.19. The summed E-state index contributed by atoms with van der Waals surface area (Å²) < 4.78 is 0. The van der Waals surface area contributed by atoms with Crippen LogP contribution < -0.4 is 10.2 Å². The molecule has 1 aliphatic rings. The Kier molecular flexibility index (Phi) is 6.61. The van der Waals surface area contributed by atoms with Crippen LogP contribution in [0, 0.1) is 6.92 Å². The van der Waals surface area contributed by atoms with E-state index in [-0.39, 0.29) is 17.5 Å². The lowest BCUT2D eigenvalue weighted by atomic mass is 10.0. The highest BCUT2D eigenvalue weighted by molar-refractivity contribution is 5.82. The van der Waals surface area contributed by atoms with Gasteiger partial charge < -0.3 is 10.2 Å². The number of piperazine rings is 1. The molecule has 1 aliphatic heterocycles. The Morgan fingerprint density at radius 3 is 2.35 bits per heavy atom. The van der Waals surface area contributed by atoms with E-state index in [2.05, 4.69) is 60.8 Å². The first-order valence-corrected chi connectivity index (χ1v) is 9.79. The molecule has 0 bridgehead atoms. The van der Waals surface area contributed by atoms with Crippen molar-refractivity contribution in [2.24, 2.45) is 0 Å². The summed E-state index contributed by atoms with van der Waals surface area (Å²) in [5.41, 5.74) is 0.856. The molecule has 1 N–H and O–H groups in total. The van der Waals surface area contributed by atoms with Gasteiger partial charge in [-0.25, -0.2) is 9.97 Å². The Balaban J connectivity index is 1.98. The van der Waals surface area contributed by atoms with Crippen LogP contribution in [0.2, 0.25) is 0 Å². The third-order valence-electron chi connectivity index (χ3n) is 5.29. The standard InChI is InChI=1S/C20H35N5O/c1-8-20(6,7)23-19(26)16(5)24-9-11-25(12-10-24)17-13-15(4)21-18(22-17)14(2)3/h13-14,16H,8-12H2,1-7H3,(H,23,26). The molecule has 0 spiro atoms. The monoisotopic (exact) mass is 361 g/mol. The van der Waals surface area contributed by atoms with Gasteiger partial charge in [-0.15, -0.1) is 0 Å². The van der Waals surface area contributed by atoms with Crippen molar-refractivity contribution in [3.8, 4) is 0 Å². The fraction of sp³-hybridized carbons (Fsp3) is 0.750. The molecule has 1 fully saturated rings. The number of anilines is 1. The van der Waals surface area contributed by atoms with Crippen LogP contribution in [-0.4, -0.2) is 58.5 Å². The van der Waals surface area contributed by atoms with Gasteiger partial charge in [0.2, 0.25) is 5.91 Å². The number of nitrogens with zero attached hydrogens (tertiary/aromatic N) is 4. The van der Waals surface area contributed by atoms with Crippen molar-refractivity contribution in [2.45, 2.75) is 72.4 Å². The molecule has 1 aromatic heterocycles. The van der Waals surface area contributed by atoms with Crippen molar-refractivity contribution >= 4 is 11.7 Å². The van der Waals surface area contributed by atoms with Gasteiger partial charge in [-0.2, -0.15) is 0 Å². The van der Waals surface area contributed by atoms with Crippen LogP contribution in [-0.2, 0) is 4.79 Å². The van der Waals surface area contributed by atoms with Crippen LogP contribution in [0.25, 0.3) is 0 Å². The summed E-state index contributed by atoms with van der Waals surface area (Å²) in [5, 5.41) is 3.16. The Morgan fingerprint density at radius 2 is 1.81 bits per heavy atom. The zero-order chi connectivity index (χ0) is 19.5. The summed E-state index contributed by atoms with van der Waals surface area (Å²) in [6.45, 7) is 18.0. The molecule has 0 aliphatic carbocycles.